The Bertz CT molecular complexity index is 1600. The van der Waals surface area contributed by atoms with Gasteiger partial charge in [-0.2, -0.15) is 5.10 Å². The zero-order chi connectivity index (χ0) is 27.6. The van der Waals surface area contributed by atoms with Crippen molar-refractivity contribution in [3.05, 3.63) is 53.1 Å². The number of aryl methyl sites for hydroxylation is 2. The van der Waals surface area contributed by atoms with E-state index in [1.54, 1.807) is 21.3 Å². The van der Waals surface area contributed by atoms with Gasteiger partial charge in [0.15, 0.2) is 5.65 Å². The summed E-state index contributed by atoms with van der Waals surface area (Å²) < 4.78 is 9.23. The van der Waals surface area contributed by atoms with Crippen LogP contribution in [-0.4, -0.2) is 66.8 Å². The van der Waals surface area contributed by atoms with Gasteiger partial charge in [-0.3, -0.25) is 14.4 Å². The van der Waals surface area contributed by atoms with E-state index in [0.29, 0.717) is 40.5 Å². The van der Waals surface area contributed by atoms with Crippen LogP contribution in [0.2, 0.25) is 5.02 Å². The summed E-state index contributed by atoms with van der Waals surface area (Å²) in [6.07, 6.45) is 7.25. The topological polar surface area (TPSA) is 97.0 Å². The molecule has 0 radical (unpaired) electrons. The highest BCUT2D eigenvalue weighted by molar-refractivity contribution is 6.33. The number of carbonyl (C=O) groups excluding carboxylic acids is 2. The Balaban J connectivity index is 1.27. The molecular formula is C28H32ClN7O3. The third kappa shape index (κ3) is 4.67. The van der Waals surface area contributed by atoms with Gasteiger partial charge in [-0.1, -0.05) is 11.6 Å². The molecule has 2 aliphatic heterocycles. The molecule has 2 amide bonds. The first kappa shape index (κ1) is 25.5. The fourth-order valence-corrected chi connectivity index (χ4v) is 6.08. The fourth-order valence-electron chi connectivity index (χ4n) is 5.82. The number of carbonyl (C=O) groups is 2. The van der Waals surface area contributed by atoms with Gasteiger partial charge in [0.05, 0.1) is 34.1 Å². The quantitative estimate of drug-likeness (QED) is 0.385. The van der Waals surface area contributed by atoms with Gasteiger partial charge in [-0.05, 0) is 58.7 Å². The van der Waals surface area contributed by atoms with Crippen LogP contribution in [0.4, 0.5) is 16.2 Å². The normalized spacial score (nSPS) is 19.2. The van der Waals surface area contributed by atoms with Crippen LogP contribution < -0.4 is 10.2 Å². The molecule has 10 nitrogen and oxygen atoms in total. The number of rotatable bonds is 3. The molecule has 4 aromatic rings. The van der Waals surface area contributed by atoms with E-state index in [1.165, 1.54) is 0 Å². The van der Waals surface area contributed by atoms with E-state index in [4.69, 9.17) is 16.3 Å². The van der Waals surface area contributed by atoms with Gasteiger partial charge in [0.2, 0.25) is 0 Å². The standard InChI is InChI=1S/C28H32ClN7O3/c1-16-11-35-12-17(10-22(29)25(35)30-16)31-26(37)20-8-9-23(21-15-33(5)32-24(20)21)34-13-18-6-7-19(14-34)36(18)27(38)39-28(2,3)4/h8-12,15,18-19H,6-7,13-14H2,1-5H3,(H,31,37)/t18-,19+. The van der Waals surface area contributed by atoms with Gasteiger partial charge in [-0.25, -0.2) is 9.78 Å². The number of hydrogen-bond donors (Lipinski definition) is 1. The molecule has 2 fully saturated rings. The fraction of sp³-hybridized carbons (Fsp3) is 0.429. The first-order chi connectivity index (χ1) is 18.5. The van der Waals surface area contributed by atoms with Crippen molar-refractivity contribution in [2.75, 3.05) is 23.3 Å². The number of piperazine rings is 1. The zero-order valence-electron chi connectivity index (χ0n) is 22.7. The first-order valence-electron chi connectivity index (χ1n) is 13.2. The van der Waals surface area contributed by atoms with Crippen molar-refractivity contribution in [1.82, 2.24) is 24.1 Å². The Morgan fingerprint density at radius 1 is 1.10 bits per heavy atom. The predicted octanol–water partition coefficient (Wildman–Crippen LogP) is 5.02. The lowest BCUT2D eigenvalue weighted by Crippen LogP contribution is -2.56. The summed E-state index contributed by atoms with van der Waals surface area (Å²) >= 11 is 6.41. The number of fused-ring (bicyclic) bond motifs is 4. The van der Waals surface area contributed by atoms with Gasteiger partial charge in [0, 0.05) is 49.8 Å². The summed E-state index contributed by atoms with van der Waals surface area (Å²) in [5, 5.41) is 8.97. The molecule has 2 saturated heterocycles. The molecule has 39 heavy (non-hydrogen) atoms. The number of pyridine rings is 1. The second-order valence-corrected chi connectivity index (χ2v) is 11.9. The number of halogens is 1. The first-order valence-corrected chi connectivity index (χ1v) is 13.5. The number of nitrogens with one attached hydrogen (secondary N) is 1. The Hall–Kier alpha value is -3.79. The number of benzene rings is 1. The van der Waals surface area contributed by atoms with Crippen LogP contribution >= 0.6 is 11.6 Å². The summed E-state index contributed by atoms with van der Waals surface area (Å²) in [6.45, 7) is 8.98. The lowest BCUT2D eigenvalue weighted by atomic mass is 10.1. The van der Waals surface area contributed by atoms with Crippen LogP contribution in [0.3, 0.4) is 0 Å². The number of hydrogen-bond acceptors (Lipinski definition) is 6. The summed E-state index contributed by atoms with van der Waals surface area (Å²) in [5.74, 6) is -0.271. The maximum absolute atomic E-state index is 13.4. The van der Waals surface area contributed by atoms with Crippen molar-refractivity contribution in [3.63, 3.8) is 0 Å². The summed E-state index contributed by atoms with van der Waals surface area (Å²) in [4.78, 5) is 35.0. The Morgan fingerprint density at radius 2 is 1.82 bits per heavy atom. The average Bonchev–Trinajstić information content (AvgIpc) is 3.49. The molecule has 1 aromatic carbocycles. The van der Waals surface area contributed by atoms with Crippen LogP contribution in [0.25, 0.3) is 16.6 Å². The van der Waals surface area contributed by atoms with Gasteiger partial charge in [0.1, 0.15) is 11.1 Å². The number of amides is 2. The molecule has 3 aromatic heterocycles. The highest BCUT2D eigenvalue weighted by atomic mass is 35.5. The van der Waals surface area contributed by atoms with Crippen molar-refractivity contribution in [2.24, 2.45) is 7.05 Å². The molecule has 11 heteroatoms. The Kier molecular flexibility index (Phi) is 5.98. The second kappa shape index (κ2) is 9.15. The molecule has 2 aliphatic rings. The van der Waals surface area contributed by atoms with Crippen LogP contribution in [-0.2, 0) is 11.8 Å². The molecule has 2 bridgehead atoms. The number of anilines is 2. The Labute approximate surface area is 231 Å². The van der Waals surface area contributed by atoms with Crippen molar-refractivity contribution in [2.45, 2.75) is 58.2 Å². The van der Waals surface area contributed by atoms with Gasteiger partial charge < -0.3 is 19.4 Å². The molecule has 0 spiro atoms. The maximum atomic E-state index is 13.4. The molecule has 5 heterocycles. The largest absolute Gasteiger partial charge is 0.444 e. The van der Waals surface area contributed by atoms with Crippen LogP contribution in [0, 0.1) is 6.92 Å². The highest BCUT2D eigenvalue weighted by Crippen LogP contribution is 2.37. The predicted molar refractivity (Wildman–Crippen MR) is 151 cm³/mol. The van der Waals surface area contributed by atoms with Gasteiger partial charge >= 0.3 is 6.09 Å². The van der Waals surface area contributed by atoms with E-state index < -0.39 is 5.60 Å². The third-order valence-corrected chi connectivity index (χ3v) is 7.60. The lowest BCUT2D eigenvalue weighted by Gasteiger charge is -2.42. The van der Waals surface area contributed by atoms with Crippen molar-refractivity contribution in [3.8, 4) is 0 Å². The van der Waals surface area contributed by atoms with E-state index in [-0.39, 0.29) is 24.1 Å². The molecular weight excluding hydrogens is 518 g/mol. The maximum Gasteiger partial charge on any atom is 0.410 e. The SMILES string of the molecule is Cc1cn2cc(NC(=O)c3ccc(N4C[C@H]5CC[C@@H](C4)N5C(=O)OC(C)(C)C)c4cn(C)nc34)cc(Cl)c2n1. The van der Waals surface area contributed by atoms with E-state index in [0.717, 1.165) is 29.6 Å². The lowest BCUT2D eigenvalue weighted by molar-refractivity contribution is 0.0123. The summed E-state index contributed by atoms with van der Waals surface area (Å²) in [5.41, 5.74) is 3.63. The monoisotopic (exact) mass is 549 g/mol. The second-order valence-electron chi connectivity index (χ2n) is 11.5. The number of ether oxygens (including phenoxy) is 1. The van der Waals surface area contributed by atoms with E-state index in [2.05, 4.69) is 20.3 Å². The molecule has 204 valence electrons. The van der Waals surface area contributed by atoms with Gasteiger partial charge in [-0.15, -0.1) is 0 Å². The van der Waals surface area contributed by atoms with Crippen molar-refractivity contribution < 1.29 is 14.3 Å². The number of imidazole rings is 1. The minimum atomic E-state index is -0.527. The minimum absolute atomic E-state index is 0.0831. The number of aromatic nitrogens is 4. The third-order valence-electron chi connectivity index (χ3n) is 7.32. The molecule has 2 atom stereocenters. The van der Waals surface area contributed by atoms with Crippen molar-refractivity contribution >= 4 is 51.5 Å². The number of nitrogens with zero attached hydrogens (tertiary/aromatic N) is 6. The van der Waals surface area contributed by atoms with E-state index in [9.17, 15) is 9.59 Å². The average molecular weight is 550 g/mol. The molecule has 0 unspecified atom stereocenters. The highest BCUT2D eigenvalue weighted by Gasteiger charge is 2.44. The molecule has 6 rings (SSSR count). The summed E-state index contributed by atoms with van der Waals surface area (Å²) in [6, 6.07) is 5.67. The summed E-state index contributed by atoms with van der Waals surface area (Å²) in [7, 11) is 1.85. The van der Waals surface area contributed by atoms with Gasteiger partial charge in [0.25, 0.3) is 5.91 Å². The molecule has 0 aliphatic carbocycles. The molecule has 1 N–H and O–H groups in total. The zero-order valence-corrected chi connectivity index (χ0v) is 23.5. The smallest absolute Gasteiger partial charge is 0.410 e. The van der Waals surface area contributed by atoms with Crippen molar-refractivity contribution in [1.29, 1.82) is 0 Å². The van der Waals surface area contributed by atoms with Crippen LogP contribution in [0.5, 0.6) is 0 Å². The minimum Gasteiger partial charge on any atom is -0.444 e. The van der Waals surface area contributed by atoms with Crippen LogP contribution in [0.15, 0.2) is 36.8 Å². The van der Waals surface area contributed by atoms with E-state index >= 15 is 0 Å². The van der Waals surface area contributed by atoms with E-state index in [1.807, 2.05) is 64.2 Å². The Morgan fingerprint density at radius 3 is 2.51 bits per heavy atom. The van der Waals surface area contributed by atoms with Crippen LogP contribution in [0.1, 0.15) is 49.7 Å². The molecule has 0 saturated carbocycles.